The highest BCUT2D eigenvalue weighted by Gasteiger charge is 2.09. The molecule has 0 saturated heterocycles. The van der Waals surface area contributed by atoms with Crippen LogP contribution in [0.2, 0.25) is 6.32 Å². The van der Waals surface area contributed by atoms with E-state index in [1.165, 1.54) is 0 Å². The average Bonchev–Trinajstić information content (AvgIpc) is 2.35. The first-order valence-corrected chi connectivity index (χ1v) is 6.73. The van der Waals surface area contributed by atoms with Gasteiger partial charge in [0.2, 0.25) is 5.91 Å². The molecule has 7 nitrogen and oxygen atoms in total. The lowest BCUT2D eigenvalue weighted by Gasteiger charge is -2.13. The largest absolute Gasteiger partial charge is 0.451 e. The molecular weight excluding hydrogens is 263 g/mol. The van der Waals surface area contributed by atoms with E-state index in [2.05, 4.69) is 5.32 Å². The minimum atomic E-state index is -1.21. The van der Waals surface area contributed by atoms with Gasteiger partial charge in [-0.1, -0.05) is 26.7 Å². The summed E-state index contributed by atoms with van der Waals surface area (Å²) in [5.41, 5.74) is 5.88. The highest BCUT2D eigenvalue weighted by Crippen LogP contribution is 2.05. The van der Waals surface area contributed by atoms with Crippen molar-refractivity contribution in [3.05, 3.63) is 0 Å². The summed E-state index contributed by atoms with van der Waals surface area (Å²) in [6.07, 6.45) is 3.92. The lowest BCUT2D eigenvalue weighted by Crippen LogP contribution is -2.32. The van der Waals surface area contributed by atoms with Crippen molar-refractivity contribution in [2.75, 3.05) is 6.54 Å². The second-order valence-electron chi connectivity index (χ2n) is 4.84. The topological polar surface area (TPSA) is 130 Å². The Labute approximate surface area is 120 Å². The molecular formula is C12H25BN2O5. The fourth-order valence-corrected chi connectivity index (χ4v) is 1.46. The molecule has 0 aliphatic heterocycles. The Bertz CT molecular complexity index is 281. The van der Waals surface area contributed by atoms with E-state index in [9.17, 15) is 4.79 Å². The zero-order valence-electron chi connectivity index (χ0n) is 12.2. The van der Waals surface area contributed by atoms with Gasteiger partial charge < -0.3 is 21.1 Å². The Morgan fingerprint density at radius 2 is 1.80 bits per heavy atom. The van der Waals surface area contributed by atoms with Crippen molar-refractivity contribution < 1.29 is 24.4 Å². The van der Waals surface area contributed by atoms with Crippen LogP contribution in [0.4, 0.5) is 0 Å². The van der Waals surface area contributed by atoms with Gasteiger partial charge in [-0.2, -0.15) is 9.59 Å². The van der Waals surface area contributed by atoms with Gasteiger partial charge in [0.15, 0.2) is 0 Å². The lowest BCUT2D eigenvalue weighted by atomic mass is 9.83. The van der Waals surface area contributed by atoms with Gasteiger partial charge in [-0.3, -0.25) is 4.79 Å². The molecule has 0 aliphatic rings. The van der Waals surface area contributed by atoms with Crippen molar-refractivity contribution in [2.24, 2.45) is 11.7 Å². The van der Waals surface area contributed by atoms with Crippen LogP contribution in [-0.4, -0.2) is 41.8 Å². The van der Waals surface area contributed by atoms with Crippen molar-refractivity contribution in [2.45, 2.75) is 51.9 Å². The van der Waals surface area contributed by atoms with Gasteiger partial charge in [-0.25, -0.2) is 0 Å². The number of carbonyl (C=O) groups excluding carboxylic acids is 3. The van der Waals surface area contributed by atoms with Crippen LogP contribution in [0.3, 0.4) is 0 Å². The van der Waals surface area contributed by atoms with Crippen LogP contribution in [0.25, 0.3) is 0 Å². The standard InChI is InChI=1S/C11H25BN2O3.CO2/c1-9(2)11(15)14-8-6-10(13)5-3-4-7-12(16)17;2-1-3/h9-10,16-17H,3-8,13H2,1-2H3,(H,14,15);. The Morgan fingerprint density at radius 3 is 2.25 bits per heavy atom. The summed E-state index contributed by atoms with van der Waals surface area (Å²) in [5.74, 6) is 0.0675. The van der Waals surface area contributed by atoms with E-state index in [-0.39, 0.29) is 24.0 Å². The number of hydrogen-bond acceptors (Lipinski definition) is 6. The molecule has 0 aliphatic carbocycles. The molecule has 0 bridgehead atoms. The van der Waals surface area contributed by atoms with Crippen LogP contribution in [0.5, 0.6) is 0 Å². The molecule has 8 heteroatoms. The Balaban J connectivity index is 0. The normalized spacial score (nSPS) is 11.1. The molecule has 0 rings (SSSR count). The van der Waals surface area contributed by atoms with E-state index in [1.807, 2.05) is 13.8 Å². The second kappa shape index (κ2) is 14.2. The van der Waals surface area contributed by atoms with E-state index in [0.29, 0.717) is 12.9 Å². The summed E-state index contributed by atoms with van der Waals surface area (Å²) in [6.45, 7) is 4.33. The molecule has 0 spiro atoms. The maximum Gasteiger partial charge on any atom is 0.451 e. The summed E-state index contributed by atoms with van der Waals surface area (Å²) < 4.78 is 0. The second-order valence-corrected chi connectivity index (χ2v) is 4.84. The van der Waals surface area contributed by atoms with Crippen LogP contribution in [0.1, 0.15) is 39.5 Å². The van der Waals surface area contributed by atoms with Crippen molar-refractivity contribution in [1.29, 1.82) is 0 Å². The Morgan fingerprint density at radius 1 is 1.25 bits per heavy atom. The molecule has 5 N–H and O–H groups in total. The van der Waals surface area contributed by atoms with Crippen LogP contribution in [0, 0.1) is 5.92 Å². The molecule has 0 radical (unpaired) electrons. The van der Waals surface area contributed by atoms with Crippen molar-refractivity contribution in [1.82, 2.24) is 5.32 Å². The minimum absolute atomic E-state index is 0.0114. The first kappa shape index (κ1) is 21.1. The minimum Gasteiger partial charge on any atom is -0.427 e. The zero-order chi connectivity index (χ0) is 16.0. The number of hydrogen-bond donors (Lipinski definition) is 4. The van der Waals surface area contributed by atoms with Gasteiger partial charge in [-0.15, -0.1) is 0 Å². The Hall–Kier alpha value is -1.21. The van der Waals surface area contributed by atoms with E-state index in [1.54, 1.807) is 0 Å². The maximum absolute atomic E-state index is 11.3. The number of carbonyl (C=O) groups is 1. The zero-order valence-corrected chi connectivity index (χ0v) is 12.2. The molecule has 116 valence electrons. The summed E-state index contributed by atoms with van der Waals surface area (Å²) in [4.78, 5) is 27.5. The molecule has 1 atom stereocenters. The van der Waals surface area contributed by atoms with Gasteiger partial charge >= 0.3 is 13.3 Å². The predicted molar refractivity (Wildman–Crippen MR) is 74.3 cm³/mol. The number of amides is 1. The van der Waals surface area contributed by atoms with Gasteiger partial charge in [0.05, 0.1) is 0 Å². The molecule has 20 heavy (non-hydrogen) atoms. The highest BCUT2D eigenvalue weighted by atomic mass is 16.4. The van der Waals surface area contributed by atoms with Crippen LogP contribution < -0.4 is 11.1 Å². The fourth-order valence-electron chi connectivity index (χ4n) is 1.46. The van der Waals surface area contributed by atoms with Crippen LogP contribution in [0.15, 0.2) is 0 Å². The van der Waals surface area contributed by atoms with Gasteiger partial charge in [-0.05, 0) is 19.2 Å². The number of unbranched alkanes of at least 4 members (excludes halogenated alkanes) is 1. The van der Waals surface area contributed by atoms with Crippen molar-refractivity contribution in [3.63, 3.8) is 0 Å². The third kappa shape index (κ3) is 16.8. The van der Waals surface area contributed by atoms with E-state index in [4.69, 9.17) is 25.4 Å². The molecule has 1 unspecified atom stereocenters. The number of rotatable bonds is 9. The van der Waals surface area contributed by atoms with Crippen molar-refractivity contribution >= 4 is 19.2 Å². The predicted octanol–water partition coefficient (Wildman–Crippen LogP) is -0.464. The highest BCUT2D eigenvalue weighted by molar-refractivity contribution is 6.40. The monoisotopic (exact) mass is 288 g/mol. The third-order valence-electron chi connectivity index (χ3n) is 2.63. The van der Waals surface area contributed by atoms with Gasteiger partial charge in [0.25, 0.3) is 0 Å². The third-order valence-corrected chi connectivity index (χ3v) is 2.63. The van der Waals surface area contributed by atoms with Crippen LogP contribution >= 0.6 is 0 Å². The molecule has 0 saturated carbocycles. The average molecular weight is 288 g/mol. The number of nitrogens with one attached hydrogen (secondary N) is 1. The number of nitrogens with two attached hydrogens (primary N) is 1. The lowest BCUT2D eigenvalue weighted by molar-refractivity contribution is -0.191. The smallest absolute Gasteiger partial charge is 0.427 e. The van der Waals surface area contributed by atoms with Gasteiger partial charge in [0, 0.05) is 18.5 Å². The summed E-state index contributed by atoms with van der Waals surface area (Å²) in [5, 5.41) is 20.1. The Kier molecular flexibility index (Phi) is 15.0. The van der Waals surface area contributed by atoms with Crippen molar-refractivity contribution in [3.8, 4) is 0 Å². The molecule has 0 heterocycles. The van der Waals surface area contributed by atoms with E-state index >= 15 is 0 Å². The molecule has 0 aromatic carbocycles. The molecule has 0 aromatic rings. The molecule has 0 fully saturated rings. The van der Waals surface area contributed by atoms with Gasteiger partial charge in [0.1, 0.15) is 0 Å². The maximum atomic E-state index is 11.3. The summed E-state index contributed by atoms with van der Waals surface area (Å²) in [7, 11) is -1.21. The first-order chi connectivity index (χ1) is 9.34. The van der Waals surface area contributed by atoms with E-state index in [0.717, 1.165) is 25.7 Å². The first-order valence-electron chi connectivity index (χ1n) is 6.73. The fraction of sp³-hybridized carbons (Fsp3) is 0.833. The summed E-state index contributed by atoms with van der Waals surface area (Å²) >= 11 is 0. The van der Waals surface area contributed by atoms with Crippen LogP contribution in [-0.2, 0) is 14.4 Å². The quantitative estimate of drug-likeness (QED) is 0.335. The SMILES string of the molecule is CC(C)C(=O)NCCC(N)CCCCB(O)O.O=C=O. The summed E-state index contributed by atoms with van der Waals surface area (Å²) in [6, 6.07) is 0.0679. The van der Waals surface area contributed by atoms with E-state index < -0.39 is 7.12 Å². The molecule has 1 amide bonds. The molecule has 0 aromatic heterocycles.